The lowest BCUT2D eigenvalue weighted by Gasteiger charge is -2.06. The van der Waals surface area contributed by atoms with Gasteiger partial charge < -0.3 is 15.2 Å². The number of hydrogen-bond donors (Lipinski definition) is 2. The smallest absolute Gasteiger partial charge is 0.313 e. The Morgan fingerprint density at radius 2 is 1.86 bits per heavy atom. The molecule has 0 atom stereocenters. The minimum atomic E-state index is -0.857. The molecule has 110 valence electrons. The van der Waals surface area contributed by atoms with Gasteiger partial charge in [-0.25, -0.2) is 0 Å². The largest absolute Gasteiger partial charge is 0.339 e. The topological polar surface area (TPSA) is 97.1 Å². The Morgan fingerprint density at radius 3 is 2.43 bits per heavy atom. The fourth-order valence-electron chi connectivity index (χ4n) is 1.46. The molecule has 0 fully saturated rings. The number of halogens is 2. The standard InChI is InChI=1S/C12H10Cl2N4O3/c1-6-16-10(21-18-6)5-15-11(19)12(20)17-9-3-7(13)2-8(14)4-9/h2-4H,5H2,1H3,(H,15,19)(H,17,20). The maximum absolute atomic E-state index is 11.7. The SMILES string of the molecule is Cc1noc(CNC(=O)C(=O)Nc2cc(Cl)cc(Cl)c2)n1. The average Bonchev–Trinajstić information content (AvgIpc) is 2.80. The monoisotopic (exact) mass is 328 g/mol. The fraction of sp³-hybridized carbons (Fsp3) is 0.167. The van der Waals surface area contributed by atoms with Gasteiger partial charge in [0.05, 0.1) is 6.54 Å². The number of aryl methyl sites for hydroxylation is 1. The second kappa shape index (κ2) is 6.55. The van der Waals surface area contributed by atoms with Gasteiger partial charge in [0, 0.05) is 15.7 Å². The number of carbonyl (C=O) groups is 2. The van der Waals surface area contributed by atoms with Crippen LogP contribution in [0.4, 0.5) is 5.69 Å². The molecule has 1 heterocycles. The van der Waals surface area contributed by atoms with E-state index in [1.54, 1.807) is 6.92 Å². The summed E-state index contributed by atoms with van der Waals surface area (Å²) in [5.41, 5.74) is 0.321. The summed E-state index contributed by atoms with van der Waals surface area (Å²) in [6.45, 7) is 1.60. The fourth-order valence-corrected chi connectivity index (χ4v) is 1.99. The zero-order chi connectivity index (χ0) is 15.4. The Kier molecular flexibility index (Phi) is 4.77. The van der Waals surface area contributed by atoms with Gasteiger partial charge in [0.2, 0.25) is 5.89 Å². The number of amides is 2. The van der Waals surface area contributed by atoms with Gasteiger partial charge in [-0.1, -0.05) is 28.4 Å². The lowest BCUT2D eigenvalue weighted by molar-refractivity contribution is -0.136. The second-order valence-corrected chi connectivity index (χ2v) is 4.90. The van der Waals surface area contributed by atoms with Crippen molar-refractivity contribution in [3.63, 3.8) is 0 Å². The Hall–Kier alpha value is -2.12. The van der Waals surface area contributed by atoms with E-state index in [0.29, 0.717) is 21.6 Å². The number of nitrogens with zero attached hydrogens (tertiary/aromatic N) is 2. The highest BCUT2D eigenvalue weighted by Crippen LogP contribution is 2.22. The molecular weight excluding hydrogens is 319 g/mol. The lowest BCUT2D eigenvalue weighted by Crippen LogP contribution is -2.35. The van der Waals surface area contributed by atoms with Crippen molar-refractivity contribution in [2.75, 3.05) is 5.32 Å². The van der Waals surface area contributed by atoms with Gasteiger partial charge in [-0.15, -0.1) is 0 Å². The first-order chi connectivity index (χ1) is 9.94. The highest BCUT2D eigenvalue weighted by molar-refractivity contribution is 6.40. The predicted molar refractivity (Wildman–Crippen MR) is 76.0 cm³/mol. The molecule has 1 aromatic heterocycles. The van der Waals surface area contributed by atoms with E-state index >= 15 is 0 Å². The maximum atomic E-state index is 11.7. The van der Waals surface area contributed by atoms with E-state index < -0.39 is 11.8 Å². The van der Waals surface area contributed by atoms with Crippen LogP contribution in [0.2, 0.25) is 10.0 Å². The van der Waals surface area contributed by atoms with Crippen molar-refractivity contribution in [1.82, 2.24) is 15.5 Å². The molecule has 0 bridgehead atoms. The molecule has 2 aromatic rings. The van der Waals surface area contributed by atoms with E-state index in [4.69, 9.17) is 27.7 Å². The summed E-state index contributed by atoms with van der Waals surface area (Å²) in [6, 6.07) is 4.46. The first-order valence-electron chi connectivity index (χ1n) is 5.78. The summed E-state index contributed by atoms with van der Waals surface area (Å²) in [6.07, 6.45) is 0. The highest BCUT2D eigenvalue weighted by atomic mass is 35.5. The second-order valence-electron chi connectivity index (χ2n) is 4.03. The van der Waals surface area contributed by atoms with Gasteiger partial charge in [-0.05, 0) is 25.1 Å². The van der Waals surface area contributed by atoms with Gasteiger partial charge in [0.25, 0.3) is 0 Å². The lowest BCUT2D eigenvalue weighted by atomic mass is 10.3. The van der Waals surface area contributed by atoms with Crippen molar-refractivity contribution in [1.29, 1.82) is 0 Å². The first kappa shape index (κ1) is 15.3. The molecule has 21 heavy (non-hydrogen) atoms. The minimum Gasteiger partial charge on any atom is -0.339 e. The summed E-state index contributed by atoms with van der Waals surface area (Å²) in [5.74, 6) is -1.05. The molecule has 7 nitrogen and oxygen atoms in total. The Bertz CT molecular complexity index is 667. The number of aromatic nitrogens is 2. The van der Waals surface area contributed by atoms with Crippen LogP contribution < -0.4 is 10.6 Å². The predicted octanol–water partition coefficient (Wildman–Crippen LogP) is 1.94. The van der Waals surface area contributed by atoms with E-state index in [1.807, 2.05) is 0 Å². The van der Waals surface area contributed by atoms with Crippen LogP contribution in [0, 0.1) is 6.92 Å². The average molecular weight is 329 g/mol. The van der Waals surface area contributed by atoms with Crippen molar-refractivity contribution in [2.45, 2.75) is 13.5 Å². The molecule has 0 aliphatic heterocycles. The van der Waals surface area contributed by atoms with Gasteiger partial charge in [0.1, 0.15) is 0 Å². The Balaban J connectivity index is 1.91. The van der Waals surface area contributed by atoms with E-state index in [0.717, 1.165) is 0 Å². The van der Waals surface area contributed by atoms with Crippen LogP contribution >= 0.6 is 23.2 Å². The molecule has 1 aromatic carbocycles. The summed E-state index contributed by atoms with van der Waals surface area (Å²) in [5, 5.41) is 8.98. The van der Waals surface area contributed by atoms with E-state index in [9.17, 15) is 9.59 Å². The number of anilines is 1. The van der Waals surface area contributed by atoms with Crippen molar-refractivity contribution >= 4 is 40.7 Å². The zero-order valence-corrected chi connectivity index (χ0v) is 12.3. The van der Waals surface area contributed by atoms with Crippen LogP contribution in [-0.2, 0) is 16.1 Å². The number of carbonyl (C=O) groups excluding carboxylic acids is 2. The van der Waals surface area contributed by atoms with Crippen molar-refractivity contribution < 1.29 is 14.1 Å². The third-order valence-corrected chi connectivity index (χ3v) is 2.73. The summed E-state index contributed by atoms with van der Waals surface area (Å²) in [4.78, 5) is 27.2. The van der Waals surface area contributed by atoms with Crippen LogP contribution in [0.1, 0.15) is 11.7 Å². The molecule has 0 unspecified atom stereocenters. The van der Waals surface area contributed by atoms with Crippen molar-refractivity contribution in [3.05, 3.63) is 40.0 Å². The minimum absolute atomic E-state index is 0.0383. The van der Waals surface area contributed by atoms with Crippen LogP contribution in [0.5, 0.6) is 0 Å². The molecule has 0 aliphatic rings. The van der Waals surface area contributed by atoms with Gasteiger partial charge in [-0.2, -0.15) is 4.98 Å². The molecule has 2 rings (SSSR count). The number of benzene rings is 1. The first-order valence-corrected chi connectivity index (χ1v) is 6.54. The maximum Gasteiger partial charge on any atom is 0.313 e. The highest BCUT2D eigenvalue weighted by Gasteiger charge is 2.15. The van der Waals surface area contributed by atoms with E-state index in [-0.39, 0.29) is 12.4 Å². The molecule has 0 radical (unpaired) electrons. The summed E-state index contributed by atoms with van der Waals surface area (Å²) < 4.78 is 4.80. The summed E-state index contributed by atoms with van der Waals surface area (Å²) >= 11 is 11.6. The van der Waals surface area contributed by atoms with E-state index in [1.165, 1.54) is 18.2 Å². The van der Waals surface area contributed by atoms with Crippen LogP contribution in [0.15, 0.2) is 22.7 Å². The molecule has 0 saturated heterocycles. The van der Waals surface area contributed by atoms with Crippen LogP contribution in [0.25, 0.3) is 0 Å². The normalized spacial score (nSPS) is 10.2. The van der Waals surface area contributed by atoms with Gasteiger partial charge in [-0.3, -0.25) is 9.59 Å². The molecular formula is C12H10Cl2N4O3. The molecule has 2 N–H and O–H groups in total. The van der Waals surface area contributed by atoms with Gasteiger partial charge >= 0.3 is 11.8 Å². The quantitative estimate of drug-likeness (QED) is 0.839. The number of rotatable bonds is 3. The molecule has 9 heteroatoms. The van der Waals surface area contributed by atoms with Crippen LogP contribution in [0.3, 0.4) is 0 Å². The van der Waals surface area contributed by atoms with E-state index in [2.05, 4.69) is 20.8 Å². The van der Waals surface area contributed by atoms with Crippen molar-refractivity contribution in [3.8, 4) is 0 Å². The Labute approximate surface area is 129 Å². The van der Waals surface area contributed by atoms with Crippen LogP contribution in [-0.4, -0.2) is 22.0 Å². The third kappa shape index (κ3) is 4.44. The van der Waals surface area contributed by atoms with Gasteiger partial charge in [0.15, 0.2) is 5.82 Å². The third-order valence-electron chi connectivity index (χ3n) is 2.30. The summed E-state index contributed by atoms with van der Waals surface area (Å²) in [7, 11) is 0. The molecule has 0 aliphatic carbocycles. The molecule has 2 amide bonds. The van der Waals surface area contributed by atoms with Crippen molar-refractivity contribution in [2.24, 2.45) is 0 Å². The molecule has 0 saturated carbocycles. The zero-order valence-electron chi connectivity index (χ0n) is 10.8. The number of hydrogen-bond acceptors (Lipinski definition) is 5. The Morgan fingerprint density at radius 1 is 1.19 bits per heavy atom. The number of nitrogens with one attached hydrogen (secondary N) is 2. The molecule has 0 spiro atoms.